The van der Waals surface area contributed by atoms with Gasteiger partial charge in [0.25, 0.3) is 5.91 Å². The van der Waals surface area contributed by atoms with Gasteiger partial charge in [-0.2, -0.15) is 5.10 Å². The summed E-state index contributed by atoms with van der Waals surface area (Å²) in [5.41, 5.74) is 2.51. The Bertz CT molecular complexity index is 1470. The predicted octanol–water partition coefficient (Wildman–Crippen LogP) is 4.89. The second-order valence-corrected chi connectivity index (χ2v) is 8.87. The maximum Gasteiger partial charge on any atom is 0.256 e. The molecule has 10 heteroatoms. The van der Waals surface area contributed by atoms with E-state index in [-0.39, 0.29) is 17.8 Å². The van der Waals surface area contributed by atoms with Crippen molar-refractivity contribution in [2.24, 2.45) is 0 Å². The van der Waals surface area contributed by atoms with Gasteiger partial charge in [0.05, 0.1) is 16.6 Å². The molecule has 8 nitrogen and oxygen atoms in total. The van der Waals surface area contributed by atoms with Crippen LogP contribution in [0.4, 0.5) is 10.2 Å². The minimum absolute atomic E-state index is 0.0582. The molecular formula is C26H22ClFN6O2. The zero-order valence-electron chi connectivity index (χ0n) is 19.2. The molecule has 5 rings (SSSR count). The van der Waals surface area contributed by atoms with Gasteiger partial charge in [0.2, 0.25) is 5.91 Å². The molecule has 1 atom stereocenters. The number of nitrogens with one attached hydrogen (secondary N) is 1. The highest BCUT2D eigenvalue weighted by Crippen LogP contribution is 2.35. The molecule has 182 valence electrons. The first-order valence-corrected chi connectivity index (χ1v) is 11.8. The van der Waals surface area contributed by atoms with Crippen molar-refractivity contribution in [2.45, 2.75) is 18.9 Å². The first-order chi connectivity index (χ1) is 17.5. The van der Waals surface area contributed by atoms with Crippen molar-refractivity contribution in [3.8, 4) is 11.3 Å². The van der Waals surface area contributed by atoms with Crippen molar-refractivity contribution >= 4 is 40.1 Å². The van der Waals surface area contributed by atoms with Crippen LogP contribution in [0, 0.1) is 5.82 Å². The maximum absolute atomic E-state index is 13.8. The van der Waals surface area contributed by atoms with E-state index >= 15 is 0 Å². The number of carbonyl (C=O) groups excluding carboxylic acids is 2. The van der Waals surface area contributed by atoms with Crippen LogP contribution in [-0.4, -0.2) is 49.6 Å². The molecule has 4 heterocycles. The highest BCUT2D eigenvalue weighted by molar-refractivity contribution is 6.35. The van der Waals surface area contributed by atoms with E-state index in [1.807, 2.05) is 4.68 Å². The molecule has 1 saturated heterocycles. The molecule has 0 unspecified atom stereocenters. The molecule has 1 aliphatic heterocycles. The van der Waals surface area contributed by atoms with E-state index < -0.39 is 11.7 Å². The Morgan fingerprint density at radius 1 is 1.19 bits per heavy atom. The van der Waals surface area contributed by atoms with Crippen LogP contribution in [0.25, 0.3) is 22.2 Å². The van der Waals surface area contributed by atoms with Gasteiger partial charge in [0, 0.05) is 48.2 Å². The van der Waals surface area contributed by atoms with E-state index in [0.29, 0.717) is 29.4 Å². The fourth-order valence-corrected chi connectivity index (χ4v) is 4.69. The van der Waals surface area contributed by atoms with E-state index in [1.165, 1.54) is 24.4 Å². The van der Waals surface area contributed by atoms with Crippen LogP contribution >= 0.6 is 11.6 Å². The van der Waals surface area contributed by atoms with Gasteiger partial charge in [0.15, 0.2) is 11.6 Å². The Morgan fingerprint density at radius 3 is 2.75 bits per heavy atom. The molecule has 3 aromatic heterocycles. The van der Waals surface area contributed by atoms with E-state index in [2.05, 4.69) is 21.9 Å². The summed E-state index contributed by atoms with van der Waals surface area (Å²) in [5.74, 6) is -1.33. The number of likely N-dealkylation sites (tertiary alicyclic amines) is 1. The first-order valence-electron chi connectivity index (χ1n) is 11.4. The van der Waals surface area contributed by atoms with E-state index in [9.17, 15) is 14.0 Å². The number of piperidine rings is 1. The van der Waals surface area contributed by atoms with Gasteiger partial charge in [0.1, 0.15) is 5.69 Å². The molecule has 2 amide bonds. The first kappa shape index (κ1) is 23.6. The zero-order valence-corrected chi connectivity index (χ0v) is 20.0. The molecule has 36 heavy (non-hydrogen) atoms. The van der Waals surface area contributed by atoms with Crippen LogP contribution in [0.15, 0.2) is 67.6 Å². The molecule has 1 fully saturated rings. The summed E-state index contributed by atoms with van der Waals surface area (Å²) in [6.07, 6.45) is 7.70. The number of halogens is 2. The van der Waals surface area contributed by atoms with Crippen molar-refractivity contribution in [2.75, 3.05) is 18.4 Å². The largest absolute Gasteiger partial charge is 0.337 e. The van der Waals surface area contributed by atoms with Crippen LogP contribution in [0.2, 0.25) is 5.02 Å². The fourth-order valence-electron chi connectivity index (χ4n) is 4.44. The molecule has 1 N–H and O–H groups in total. The number of carbonyl (C=O) groups is 2. The third kappa shape index (κ3) is 4.45. The number of nitrogens with zero attached hydrogens (tertiary/aromatic N) is 5. The Labute approximate surface area is 211 Å². The average molecular weight is 505 g/mol. The lowest BCUT2D eigenvalue weighted by Crippen LogP contribution is -2.40. The molecule has 0 bridgehead atoms. The minimum Gasteiger partial charge on any atom is -0.337 e. The summed E-state index contributed by atoms with van der Waals surface area (Å²) in [5, 5.41) is 8.59. The minimum atomic E-state index is -0.611. The molecule has 4 aromatic rings. The van der Waals surface area contributed by atoms with Crippen LogP contribution in [0.5, 0.6) is 0 Å². The van der Waals surface area contributed by atoms with Crippen molar-refractivity contribution in [1.82, 2.24) is 24.6 Å². The number of aromatic nitrogens is 4. The number of pyridine rings is 2. The summed E-state index contributed by atoms with van der Waals surface area (Å²) in [4.78, 5) is 34.7. The van der Waals surface area contributed by atoms with Gasteiger partial charge >= 0.3 is 0 Å². The number of anilines is 1. The number of amides is 2. The van der Waals surface area contributed by atoms with Gasteiger partial charge < -0.3 is 10.2 Å². The van der Waals surface area contributed by atoms with Crippen LogP contribution in [0.3, 0.4) is 0 Å². The van der Waals surface area contributed by atoms with Crippen molar-refractivity contribution in [3.05, 3.63) is 84.0 Å². The predicted molar refractivity (Wildman–Crippen MR) is 135 cm³/mol. The number of hydrogen-bond donors (Lipinski definition) is 1. The summed E-state index contributed by atoms with van der Waals surface area (Å²) in [6.45, 7) is 4.77. The fraction of sp³-hybridized carbons (Fsp3) is 0.192. The smallest absolute Gasteiger partial charge is 0.256 e. The molecule has 1 aromatic carbocycles. The second kappa shape index (κ2) is 9.87. The molecule has 0 radical (unpaired) electrons. The molecule has 1 aliphatic rings. The maximum atomic E-state index is 13.8. The van der Waals surface area contributed by atoms with Gasteiger partial charge in [-0.25, -0.2) is 9.37 Å². The SMILES string of the molecule is C=CC(=O)N1CCC[C@@H](n2nc(-c3ccc(C(=O)Nc4ncccc4F)cc3)c3cncc(Cl)c32)C1. The Kier molecular flexibility index (Phi) is 6.47. The molecule has 0 saturated carbocycles. The summed E-state index contributed by atoms with van der Waals surface area (Å²) < 4.78 is 15.7. The lowest BCUT2D eigenvalue weighted by Gasteiger charge is -2.32. The molecule has 0 spiro atoms. The standard InChI is InChI=1S/C26H22ClFN6O2/c1-2-22(35)33-12-4-5-18(15-33)34-24-19(13-29-14-20(24)27)23(32-34)16-7-9-17(10-8-16)26(36)31-25-21(28)6-3-11-30-25/h2-3,6-11,13-14,18H,1,4-5,12,15H2,(H,30,31,36)/t18-/m1/s1. The third-order valence-corrected chi connectivity index (χ3v) is 6.48. The molecule has 0 aliphatic carbocycles. The average Bonchev–Trinajstić information content (AvgIpc) is 3.31. The van der Waals surface area contributed by atoms with Gasteiger partial charge in [-0.1, -0.05) is 30.3 Å². The third-order valence-electron chi connectivity index (χ3n) is 6.20. The van der Waals surface area contributed by atoms with E-state index in [1.54, 1.807) is 41.6 Å². The summed E-state index contributed by atoms with van der Waals surface area (Å²) >= 11 is 6.56. The number of hydrogen-bond acceptors (Lipinski definition) is 5. The highest BCUT2D eigenvalue weighted by atomic mass is 35.5. The van der Waals surface area contributed by atoms with E-state index in [4.69, 9.17) is 16.7 Å². The zero-order chi connectivity index (χ0) is 25.2. The summed E-state index contributed by atoms with van der Waals surface area (Å²) in [7, 11) is 0. The highest BCUT2D eigenvalue weighted by Gasteiger charge is 2.27. The quantitative estimate of drug-likeness (QED) is 0.391. The monoisotopic (exact) mass is 504 g/mol. The number of fused-ring (bicyclic) bond motifs is 1. The van der Waals surface area contributed by atoms with Crippen LogP contribution in [0.1, 0.15) is 29.2 Å². The van der Waals surface area contributed by atoms with Crippen molar-refractivity contribution < 1.29 is 14.0 Å². The number of benzene rings is 1. The second-order valence-electron chi connectivity index (χ2n) is 8.46. The number of rotatable bonds is 5. The Morgan fingerprint density at radius 2 is 2.00 bits per heavy atom. The lowest BCUT2D eigenvalue weighted by molar-refractivity contribution is -0.127. The van der Waals surface area contributed by atoms with E-state index in [0.717, 1.165) is 29.3 Å². The normalized spacial score (nSPS) is 15.6. The van der Waals surface area contributed by atoms with Crippen molar-refractivity contribution in [1.29, 1.82) is 0 Å². The lowest BCUT2D eigenvalue weighted by atomic mass is 10.1. The Balaban J connectivity index is 1.47. The van der Waals surface area contributed by atoms with Gasteiger partial charge in [-0.3, -0.25) is 19.3 Å². The van der Waals surface area contributed by atoms with Crippen LogP contribution < -0.4 is 5.32 Å². The molecular weight excluding hydrogens is 483 g/mol. The Hall–Kier alpha value is -4.11. The van der Waals surface area contributed by atoms with Crippen LogP contribution in [-0.2, 0) is 4.79 Å². The van der Waals surface area contributed by atoms with Gasteiger partial charge in [-0.05, 0) is 43.2 Å². The summed E-state index contributed by atoms with van der Waals surface area (Å²) in [6, 6.07) is 9.43. The van der Waals surface area contributed by atoms with Gasteiger partial charge in [-0.15, -0.1) is 0 Å². The van der Waals surface area contributed by atoms with Crippen molar-refractivity contribution in [3.63, 3.8) is 0 Å². The topological polar surface area (TPSA) is 93.0 Å².